The Morgan fingerprint density at radius 2 is 1.42 bits per heavy atom. The van der Waals surface area contributed by atoms with Gasteiger partial charge < -0.3 is 15.7 Å². The Balaban J connectivity index is 1.86. The van der Waals surface area contributed by atoms with Crippen molar-refractivity contribution in [3.05, 3.63) is 23.8 Å². The number of rotatable bonds is 2. The first-order valence-electron chi connectivity index (χ1n) is 9.98. The van der Waals surface area contributed by atoms with Crippen LogP contribution in [0, 0.1) is 6.92 Å². The number of benzene rings is 1. The Morgan fingerprint density at radius 1 is 0.885 bits per heavy atom. The number of phenolic OH excluding ortho intramolecular Hbond substituents is 1. The lowest BCUT2D eigenvalue weighted by atomic mass is 9.98. The minimum Gasteiger partial charge on any atom is -0.506 e. The molecule has 1 aliphatic carbocycles. The van der Waals surface area contributed by atoms with Crippen molar-refractivity contribution in [3.63, 3.8) is 0 Å². The van der Waals surface area contributed by atoms with E-state index in [1.807, 2.05) is 6.92 Å². The number of aromatic hydroxyl groups is 1. The van der Waals surface area contributed by atoms with Gasteiger partial charge in [0.05, 0.1) is 5.69 Å². The Bertz CT molecular complexity index is 589. The van der Waals surface area contributed by atoms with Gasteiger partial charge in [0.2, 0.25) is 0 Å². The number of phenols is 1. The van der Waals surface area contributed by atoms with Crippen molar-refractivity contribution in [1.29, 1.82) is 0 Å². The molecular weight excluding hydrogens is 328 g/mol. The van der Waals surface area contributed by atoms with Gasteiger partial charge in [-0.05, 0) is 37.5 Å². The molecular formula is C21H32N2O3. The third-order valence-corrected chi connectivity index (χ3v) is 5.05. The van der Waals surface area contributed by atoms with E-state index in [4.69, 9.17) is 0 Å². The monoisotopic (exact) mass is 360 g/mol. The molecule has 0 aromatic heterocycles. The highest BCUT2D eigenvalue weighted by Crippen LogP contribution is 2.23. The first kappa shape index (κ1) is 20.3. The molecule has 1 aliphatic rings. The Labute approximate surface area is 156 Å². The van der Waals surface area contributed by atoms with E-state index in [9.17, 15) is 14.7 Å². The van der Waals surface area contributed by atoms with Crippen LogP contribution in [0.25, 0.3) is 0 Å². The zero-order valence-corrected chi connectivity index (χ0v) is 15.9. The lowest BCUT2D eigenvalue weighted by Gasteiger charge is -2.19. The summed E-state index contributed by atoms with van der Waals surface area (Å²) in [5.74, 6) is -1.38. The molecule has 0 radical (unpaired) electrons. The number of anilines is 1. The van der Waals surface area contributed by atoms with E-state index < -0.39 is 11.8 Å². The number of amides is 2. The first-order valence-corrected chi connectivity index (χ1v) is 9.98. The highest BCUT2D eigenvalue weighted by Gasteiger charge is 2.19. The maximum atomic E-state index is 12.3. The normalized spacial score (nSPS) is 17.6. The zero-order valence-electron chi connectivity index (χ0n) is 15.9. The van der Waals surface area contributed by atoms with E-state index in [1.54, 1.807) is 18.2 Å². The van der Waals surface area contributed by atoms with Gasteiger partial charge in [-0.3, -0.25) is 9.59 Å². The lowest BCUT2D eigenvalue weighted by Crippen LogP contribution is -2.41. The molecule has 1 aromatic rings. The second-order valence-electron chi connectivity index (χ2n) is 7.40. The van der Waals surface area contributed by atoms with Crippen LogP contribution < -0.4 is 10.6 Å². The third-order valence-electron chi connectivity index (χ3n) is 5.05. The average molecular weight is 360 g/mol. The molecule has 0 spiro atoms. The van der Waals surface area contributed by atoms with E-state index in [-0.39, 0.29) is 17.5 Å². The molecule has 2 amide bonds. The Kier molecular flexibility index (Phi) is 8.45. The van der Waals surface area contributed by atoms with Gasteiger partial charge in [0.1, 0.15) is 5.75 Å². The highest BCUT2D eigenvalue weighted by atomic mass is 16.3. The summed E-state index contributed by atoms with van der Waals surface area (Å²) in [5, 5.41) is 15.3. The van der Waals surface area contributed by atoms with Gasteiger partial charge in [-0.1, -0.05) is 63.9 Å². The number of nitrogens with one attached hydrogen (secondary N) is 2. The molecule has 5 heteroatoms. The van der Waals surface area contributed by atoms with Crippen molar-refractivity contribution in [2.45, 2.75) is 83.6 Å². The summed E-state index contributed by atoms with van der Waals surface area (Å²) in [6.45, 7) is 1.85. The van der Waals surface area contributed by atoms with Crippen molar-refractivity contribution in [2.75, 3.05) is 5.32 Å². The standard InChI is InChI=1S/C21H32N2O3/c1-16-13-14-18(19(24)15-16)23-21(26)20(25)22-17-11-9-7-5-3-2-4-6-8-10-12-17/h13-15,17,24H,2-12H2,1H3,(H,22,25)(H,23,26). The fourth-order valence-electron chi connectivity index (χ4n) is 3.48. The highest BCUT2D eigenvalue weighted by molar-refractivity contribution is 6.39. The van der Waals surface area contributed by atoms with Crippen LogP contribution in [-0.2, 0) is 9.59 Å². The number of hydrogen-bond acceptors (Lipinski definition) is 3. The average Bonchev–Trinajstić information content (AvgIpc) is 2.59. The molecule has 2 rings (SSSR count). The van der Waals surface area contributed by atoms with Crippen molar-refractivity contribution < 1.29 is 14.7 Å². The minimum atomic E-state index is -0.727. The van der Waals surface area contributed by atoms with Gasteiger partial charge in [0.25, 0.3) is 0 Å². The van der Waals surface area contributed by atoms with Crippen LogP contribution in [0.5, 0.6) is 5.75 Å². The van der Waals surface area contributed by atoms with Gasteiger partial charge in [-0.2, -0.15) is 0 Å². The quantitative estimate of drug-likeness (QED) is 0.539. The van der Waals surface area contributed by atoms with Crippen LogP contribution >= 0.6 is 0 Å². The van der Waals surface area contributed by atoms with E-state index in [0.717, 1.165) is 31.2 Å². The van der Waals surface area contributed by atoms with Crippen molar-refractivity contribution in [2.24, 2.45) is 0 Å². The second-order valence-corrected chi connectivity index (χ2v) is 7.40. The summed E-state index contributed by atoms with van der Waals surface area (Å²) in [6, 6.07) is 4.99. The molecule has 0 heterocycles. The molecule has 5 nitrogen and oxygen atoms in total. The zero-order chi connectivity index (χ0) is 18.8. The molecule has 0 atom stereocenters. The largest absolute Gasteiger partial charge is 0.506 e. The minimum absolute atomic E-state index is 0.0304. The number of hydrogen-bond donors (Lipinski definition) is 3. The molecule has 0 bridgehead atoms. The summed E-state index contributed by atoms with van der Waals surface area (Å²) in [6.07, 6.45) is 12.9. The molecule has 1 saturated carbocycles. The predicted molar refractivity (Wildman–Crippen MR) is 104 cm³/mol. The lowest BCUT2D eigenvalue weighted by molar-refractivity contribution is -0.136. The van der Waals surface area contributed by atoms with E-state index in [2.05, 4.69) is 10.6 Å². The molecule has 0 saturated heterocycles. The number of carbonyl (C=O) groups excluding carboxylic acids is 2. The maximum absolute atomic E-state index is 12.3. The van der Waals surface area contributed by atoms with Gasteiger partial charge in [-0.25, -0.2) is 0 Å². The summed E-state index contributed by atoms with van der Waals surface area (Å²) in [5.41, 5.74) is 1.15. The van der Waals surface area contributed by atoms with Gasteiger partial charge in [0.15, 0.2) is 0 Å². The molecule has 0 unspecified atom stereocenters. The van der Waals surface area contributed by atoms with Crippen LogP contribution in [0.4, 0.5) is 5.69 Å². The predicted octanol–water partition coefficient (Wildman–Crippen LogP) is 4.43. The summed E-state index contributed by atoms with van der Waals surface area (Å²) >= 11 is 0. The fourth-order valence-corrected chi connectivity index (χ4v) is 3.48. The van der Waals surface area contributed by atoms with Crippen LogP contribution in [0.15, 0.2) is 18.2 Å². The first-order chi connectivity index (χ1) is 12.6. The van der Waals surface area contributed by atoms with Gasteiger partial charge in [-0.15, -0.1) is 0 Å². The van der Waals surface area contributed by atoms with Crippen molar-refractivity contribution in [3.8, 4) is 5.75 Å². The van der Waals surface area contributed by atoms with E-state index in [1.165, 1.54) is 44.9 Å². The molecule has 1 aromatic carbocycles. The van der Waals surface area contributed by atoms with Gasteiger partial charge in [0, 0.05) is 6.04 Å². The number of carbonyl (C=O) groups is 2. The van der Waals surface area contributed by atoms with E-state index >= 15 is 0 Å². The maximum Gasteiger partial charge on any atom is 0.313 e. The van der Waals surface area contributed by atoms with Crippen LogP contribution in [-0.4, -0.2) is 23.0 Å². The third kappa shape index (κ3) is 7.06. The summed E-state index contributed by atoms with van der Waals surface area (Å²) in [7, 11) is 0. The summed E-state index contributed by atoms with van der Waals surface area (Å²) in [4.78, 5) is 24.4. The topological polar surface area (TPSA) is 78.4 Å². The number of aryl methyl sites for hydroxylation is 1. The Morgan fingerprint density at radius 3 is 1.96 bits per heavy atom. The fraction of sp³-hybridized carbons (Fsp3) is 0.619. The van der Waals surface area contributed by atoms with Gasteiger partial charge >= 0.3 is 11.8 Å². The SMILES string of the molecule is Cc1ccc(NC(=O)C(=O)NC2CCCCCCCCCCC2)c(O)c1. The molecule has 26 heavy (non-hydrogen) atoms. The summed E-state index contributed by atoms with van der Waals surface area (Å²) < 4.78 is 0. The van der Waals surface area contributed by atoms with E-state index in [0.29, 0.717) is 0 Å². The van der Waals surface area contributed by atoms with Crippen molar-refractivity contribution >= 4 is 17.5 Å². The molecule has 3 N–H and O–H groups in total. The van der Waals surface area contributed by atoms with Crippen LogP contribution in [0.2, 0.25) is 0 Å². The molecule has 1 fully saturated rings. The molecule has 144 valence electrons. The van der Waals surface area contributed by atoms with Crippen LogP contribution in [0.3, 0.4) is 0 Å². The Hall–Kier alpha value is -2.04. The second kappa shape index (κ2) is 10.8. The van der Waals surface area contributed by atoms with Crippen molar-refractivity contribution in [1.82, 2.24) is 5.32 Å². The molecule has 0 aliphatic heterocycles. The smallest absolute Gasteiger partial charge is 0.313 e. The van der Waals surface area contributed by atoms with Crippen LogP contribution in [0.1, 0.15) is 76.2 Å².